The van der Waals surface area contributed by atoms with E-state index in [4.69, 9.17) is 16.1 Å². The van der Waals surface area contributed by atoms with Crippen LogP contribution in [0.15, 0.2) is 33.7 Å². The summed E-state index contributed by atoms with van der Waals surface area (Å²) >= 11 is 6.26. The van der Waals surface area contributed by atoms with Crippen LogP contribution >= 0.6 is 11.6 Å². The van der Waals surface area contributed by atoms with Crippen LogP contribution in [0.2, 0.25) is 5.02 Å². The summed E-state index contributed by atoms with van der Waals surface area (Å²) in [4.78, 5) is 0.215. The van der Waals surface area contributed by atoms with Crippen molar-refractivity contribution in [3.63, 3.8) is 0 Å². The Hall–Kier alpha value is -1.33. The normalized spacial score (nSPS) is 15.7. The first-order valence-electron chi connectivity index (χ1n) is 5.93. The van der Waals surface area contributed by atoms with E-state index in [1.165, 1.54) is 6.26 Å². The highest BCUT2D eigenvalue weighted by molar-refractivity contribution is 7.90. The van der Waals surface area contributed by atoms with E-state index in [0.717, 1.165) is 12.8 Å². The van der Waals surface area contributed by atoms with Crippen molar-refractivity contribution < 1.29 is 12.9 Å². The van der Waals surface area contributed by atoms with Crippen molar-refractivity contribution in [3.8, 4) is 11.3 Å². The Morgan fingerprint density at radius 3 is 2.63 bits per heavy atom. The zero-order valence-electron chi connectivity index (χ0n) is 10.3. The molecular weight excluding hydrogens is 286 g/mol. The molecule has 0 aliphatic heterocycles. The van der Waals surface area contributed by atoms with Crippen molar-refractivity contribution in [2.24, 2.45) is 0 Å². The van der Waals surface area contributed by atoms with Crippen LogP contribution in [0.1, 0.15) is 24.5 Å². The second-order valence-corrected chi connectivity index (χ2v) is 7.11. The van der Waals surface area contributed by atoms with Gasteiger partial charge in [-0.3, -0.25) is 0 Å². The van der Waals surface area contributed by atoms with Gasteiger partial charge in [0, 0.05) is 17.7 Å². The number of halogens is 1. The Balaban J connectivity index is 2.17. The van der Waals surface area contributed by atoms with Crippen molar-refractivity contribution in [2.45, 2.75) is 23.7 Å². The largest absolute Gasteiger partial charge is 0.359 e. The maximum atomic E-state index is 11.8. The third-order valence-corrected chi connectivity index (χ3v) is 4.67. The summed E-state index contributed by atoms with van der Waals surface area (Å²) in [5.74, 6) is 0.999. The average molecular weight is 298 g/mol. The Morgan fingerprint density at radius 2 is 2.00 bits per heavy atom. The molecule has 1 aliphatic carbocycles. The number of hydrogen-bond acceptors (Lipinski definition) is 4. The fourth-order valence-corrected chi connectivity index (χ4v) is 3.26. The highest BCUT2D eigenvalue weighted by Gasteiger charge is 2.32. The predicted molar refractivity (Wildman–Crippen MR) is 72.0 cm³/mol. The molecule has 0 radical (unpaired) electrons. The molecule has 6 heteroatoms. The molecule has 1 fully saturated rings. The fourth-order valence-electron chi connectivity index (χ4n) is 2.04. The molecule has 0 unspecified atom stereocenters. The molecule has 1 aliphatic rings. The number of nitrogens with zero attached hydrogens (tertiary/aromatic N) is 1. The van der Waals surface area contributed by atoms with Gasteiger partial charge in [-0.05, 0) is 18.9 Å². The molecular formula is C13H12ClNO3S. The predicted octanol–water partition coefficient (Wildman–Crippen LogP) is 3.28. The second kappa shape index (κ2) is 4.35. The van der Waals surface area contributed by atoms with E-state index in [1.54, 1.807) is 24.3 Å². The molecule has 0 N–H and O–H groups in total. The quantitative estimate of drug-likeness (QED) is 0.872. The number of aromatic nitrogens is 1. The molecule has 0 saturated heterocycles. The molecule has 1 aromatic carbocycles. The van der Waals surface area contributed by atoms with E-state index in [1.807, 2.05) is 0 Å². The van der Waals surface area contributed by atoms with E-state index in [-0.39, 0.29) is 4.90 Å². The molecule has 1 saturated carbocycles. The van der Waals surface area contributed by atoms with Crippen molar-refractivity contribution in [2.75, 3.05) is 6.26 Å². The Labute approximate surface area is 116 Å². The van der Waals surface area contributed by atoms with Gasteiger partial charge in [-0.25, -0.2) is 8.42 Å². The Kier molecular flexibility index (Phi) is 2.91. The van der Waals surface area contributed by atoms with Gasteiger partial charge in [-0.15, -0.1) is 0 Å². The van der Waals surface area contributed by atoms with Crippen LogP contribution in [0, 0.1) is 0 Å². The lowest BCUT2D eigenvalue weighted by atomic mass is 10.1. The Bertz CT molecular complexity index is 732. The molecule has 0 spiro atoms. The van der Waals surface area contributed by atoms with Crippen LogP contribution in [0.25, 0.3) is 11.3 Å². The molecule has 3 rings (SSSR count). The van der Waals surface area contributed by atoms with Gasteiger partial charge in [0.15, 0.2) is 15.6 Å². The van der Waals surface area contributed by atoms with E-state index in [9.17, 15) is 8.42 Å². The van der Waals surface area contributed by atoms with Gasteiger partial charge in [0.25, 0.3) is 0 Å². The third-order valence-electron chi connectivity index (χ3n) is 3.15. The second-order valence-electron chi connectivity index (χ2n) is 4.75. The molecule has 100 valence electrons. The molecule has 1 heterocycles. The maximum Gasteiger partial charge on any atom is 0.176 e. The van der Waals surface area contributed by atoms with Gasteiger partial charge in [0.05, 0.1) is 4.90 Å². The number of hydrogen-bond donors (Lipinski definition) is 0. The van der Waals surface area contributed by atoms with Gasteiger partial charge in [-0.2, -0.15) is 0 Å². The summed E-state index contributed by atoms with van der Waals surface area (Å²) in [6.45, 7) is 0. The van der Waals surface area contributed by atoms with Gasteiger partial charge in [-0.1, -0.05) is 35.0 Å². The van der Waals surface area contributed by atoms with E-state index >= 15 is 0 Å². The molecule has 4 nitrogen and oxygen atoms in total. The first-order chi connectivity index (χ1) is 8.98. The summed E-state index contributed by atoms with van der Waals surface area (Å²) in [6.07, 6.45) is 3.26. The molecule has 0 bridgehead atoms. The van der Waals surface area contributed by atoms with Gasteiger partial charge >= 0.3 is 0 Å². The fraction of sp³-hybridized carbons (Fsp3) is 0.308. The zero-order chi connectivity index (χ0) is 13.6. The summed E-state index contributed by atoms with van der Waals surface area (Å²) < 4.78 is 28.8. The zero-order valence-corrected chi connectivity index (χ0v) is 11.8. The van der Waals surface area contributed by atoms with E-state index < -0.39 is 9.84 Å². The van der Waals surface area contributed by atoms with Crippen LogP contribution in [0.4, 0.5) is 0 Å². The standard InChI is InChI=1S/C13H12ClNO3S/c1-19(16,17)10-5-3-2-4-9(10)12-11(14)13(18-15-12)8-6-7-8/h2-5,8H,6-7H2,1H3. The highest BCUT2D eigenvalue weighted by Crippen LogP contribution is 2.46. The Morgan fingerprint density at radius 1 is 1.32 bits per heavy atom. The number of rotatable bonds is 3. The first kappa shape index (κ1) is 12.7. The monoisotopic (exact) mass is 297 g/mol. The summed E-state index contributed by atoms with van der Waals surface area (Å²) in [6, 6.07) is 6.67. The lowest BCUT2D eigenvalue weighted by Crippen LogP contribution is -1.99. The molecule has 2 aromatic rings. The molecule has 1 aromatic heterocycles. The van der Waals surface area contributed by atoms with Crippen molar-refractivity contribution in [1.82, 2.24) is 5.16 Å². The highest BCUT2D eigenvalue weighted by atomic mass is 35.5. The van der Waals surface area contributed by atoms with Crippen LogP contribution < -0.4 is 0 Å². The SMILES string of the molecule is CS(=O)(=O)c1ccccc1-c1noc(C2CC2)c1Cl. The smallest absolute Gasteiger partial charge is 0.176 e. The van der Waals surface area contributed by atoms with Crippen molar-refractivity contribution in [1.29, 1.82) is 0 Å². The van der Waals surface area contributed by atoms with Gasteiger partial charge in [0.1, 0.15) is 10.7 Å². The third kappa shape index (κ3) is 2.28. The van der Waals surface area contributed by atoms with Gasteiger partial charge in [0.2, 0.25) is 0 Å². The molecule has 0 amide bonds. The maximum absolute atomic E-state index is 11.8. The minimum atomic E-state index is -3.33. The van der Waals surface area contributed by atoms with Crippen LogP contribution in [0.3, 0.4) is 0 Å². The molecule has 0 atom stereocenters. The van der Waals surface area contributed by atoms with Gasteiger partial charge < -0.3 is 4.52 Å². The van der Waals surface area contributed by atoms with Crippen LogP contribution in [-0.4, -0.2) is 19.8 Å². The number of sulfone groups is 1. The van der Waals surface area contributed by atoms with Crippen LogP contribution in [-0.2, 0) is 9.84 Å². The summed E-state index contributed by atoms with van der Waals surface area (Å²) in [7, 11) is -3.33. The van der Waals surface area contributed by atoms with Crippen molar-refractivity contribution >= 4 is 21.4 Å². The number of benzene rings is 1. The van der Waals surface area contributed by atoms with E-state index in [0.29, 0.717) is 28.0 Å². The minimum Gasteiger partial charge on any atom is -0.359 e. The molecule has 19 heavy (non-hydrogen) atoms. The lowest BCUT2D eigenvalue weighted by Gasteiger charge is -2.04. The summed E-state index contributed by atoms with van der Waals surface area (Å²) in [5, 5.41) is 4.38. The lowest BCUT2D eigenvalue weighted by molar-refractivity contribution is 0.386. The van der Waals surface area contributed by atoms with Crippen LogP contribution in [0.5, 0.6) is 0 Å². The van der Waals surface area contributed by atoms with Crippen molar-refractivity contribution in [3.05, 3.63) is 35.0 Å². The average Bonchev–Trinajstić information content (AvgIpc) is 3.12. The van der Waals surface area contributed by atoms with E-state index in [2.05, 4.69) is 5.16 Å². The topological polar surface area (TPSA) is 60.2 Å². The summed E-state index contributed by atoms with van der Waals surface area (Å²) in [5.41, 5.74) is 0.898. The minimum absolute atomic E-state index is 0.215. The first-order valence-corrected chi connectivity index (χ1v) is 8.20.